The molecule has 0 spiro atoms. The van der Waals surface area contributed by atoms with E-state index in [1.165, 1.54) is 0 Å². The van der Waals surface area contributed by atoms with Gasteiger partial charge in [0.25, 0.3) is 0 Å². The fourth-order valence-corrected chi connectivity index (χ4v) is 3.93. The van der Waals surface area contributed by atoms with Crippen LogP contribution in [0, 0.1) is 0 Å². The van der Waals surface area contributed by atoms with Crippen LogP contribution in [0.2, 0.25) is 0 Å². The highest BCUT2D eigenvalue weighted by Gasteiger charge is 2.42. The first-order valence-electron chi connectivity index (χ1n) is 6.79. The molecule has 0 aromatic carbocycles. The number of aliphatic hydroxyl groups is 1. The molecule has 1 aliphatic carbocycles. The Kier molecular flexibility index (Phi) is 6.46. The van der Waals surface area contributed by atoms with Crippen molar-refractivity contribution < 1.29 is 15.0 Å². The third-order valence-corrected chi connectivity index (χ3v) is 4.91. The van der Waals surface area contributed by atoms with Gasteiger partial charge in [-0.15, -0.1) is 0 Å². The first-order valence-corrected chi connectivity index (χ1v) is 7.73. The van der Waals surface area contributed by atoms with Gasteiger partial charge in [0, 0.05) is 10.5 Å². The minimum Gasteiger partial charge on any atom is -0.480 e. The lowest BCUT2D eigenvalue weighted by Crippen LogP contribution is -2.55. The summed E-state index contributed by atoms with van der Waals surface area (Å²) >= 11 is 1.72. The maximum Gasteiger partial charge on any atom is 0.323 e. The summed E-state index contributed by atoms with van der Waals surface area (Å²) in [7, 11) is 0. The molecule has 3 unspecified atom stereocenters. The summed E-state index contributed by atoms with van der Waals surface area (Å²) in [6.45, 7) is 4.94. The van der Waals surface area contributed by atoms with E-state index < -0.39 is 11.5 Å². The highest BCUT2D eigenvalue weighted by atomic mass is 32.2. The molecule has 1 saturated carbocycles. The largest absolute Gasteiger partial charge is 0.480 e. The number of carboxylic acid groups (broad SMARTS) is 1. The van der Waals surface area contributed by atoms with Crippen LogP contribution in [0.4, 0.5) is 0 Å². The molecule has 0 radical (unpaired) electrons. The van der Waals surface area contributed by atoms with Crippen LogP contribution in [-0.2, 0) is 4.79 Å². The summed E-state index contributed by atoms with van der Waals surface area (Å²) in [6, 6.07) is 0. The molecule has 0 aromatic heterocycles. The van der Waals surface area contributed by atoms with Gasteiger partial charge in [-0.1, -0.05) is 13.8 Å². The Balaban J connectivity index is 2.64. The van der Waals surface area contributed by atoms with E-state index in [1.807, 2.05) is 13.8 Å². The van der Waals surface area contributed by atoms with Crippen LogP contribution in [-0.4, -0.2) is 45.4 Å². The zero-order valence-corrected chi connectivity index (χ0v) is 12.1. The molecule has 0 aromatic rings. The van der Waals surface area contributed by atoms with E-state index in [1.54, 1.807) is 11.8 Å². The van der Waals surface area contributed by atoms with Crippen LogP contribution in [0.15, 0.2) is 0 Å². The van der Waals surface area contributed by atoms with E-state index in [0.717, 1.165) is 25.8 Å². The van der Waals surface area contributed by atoms with E-state index >= 15 is 0 Å². The number of carboxylic acids is 1. The second-order valence-electron chi connectivity index (χ2n) is 5.16. The molecule has 0 aliphatic heterocycles. The van der Waals surface area contributed by atoms with Gasteiger partial charge in [0.2, 0.25) is 0 Å². The number of hydrogen-bond donors (Lipinski definition) is 3. The SMILES string of the molecule is CCCNC1(C(=O)O)CCCC(SC(C)CO)C1. The average Bonchev–Trinajstić information content (AvgIpc) is 2.36. The first-order chi connectivity index (χ1) is 8.54. The fourth-order valence-electron chi connectivity index (χ4n) is 2.51. The lowest BCUT2D eigenvalue weighted by atomic mass is 9.81. The second-order valence-corrected chi connectivity index (χ2v) is 6.91. The number of carbonyl (C=O) groups is 1. The minimum absolute atomic E-state index is 0.156. The molecule has 1 fully saturated rings. The molecule has 0 saturated heterocycles. The van der Waals surface area contributed by atoms with Crippen LogP contribution in [0.1, 0.15) is 46.0 Å². The summed E-state index contributed by atoms with van der Waals surface area (Å²) < 4.78 is 0. The summed E-state index contributed by atoms with van der Waals surface area (Å²) in [5, 5.41) is 22.3. The molecule has 3 N–H and O–H groups in total. The lowest BCUT2D eigenvalue weighted by Gasteiger charge is -2.38. The number of aliphatic hydroxyl groups excluding tert-OH is 1. The number of thioether (sulfide) groups is 1. The van der Waals surface area contributed by atoms with Crippen molar-refractivity contribution in [2.24, 2.45) is 0 Å². The average molecular weight is 275 g/mol. The van der Waals surface area contributed by atoms with Crippen LogP contribution in [0.3, 0.4) is 0 Å². The van der Waals surface area contributed by atoms with Crippen molar-refractivity contribution >= 4 is 17.7 Å². The van der Waals surface area contributed by atoms with E-state index in [2.05, 4.69) is 5.32 Å². The molecule has 18 heavy (non-hydrogen) atoms. The van der Waals surface area contributed by atoms with E-state index in [9.17, 15) is 9.90 Å². The Bertz CT molecular complexity index is 275. The monoisotopic (exact) mass is 275 g/mol. The Labute approximate surface area is 114 Å². The van der Waals surface area contributed by atoms with Gasteiger partial charge < -0.3 is 15.5 Å². The van der Waals surface area contributed by atoms with E-state index in [-0.39, 0.29) is 11.9 Å². The van der Waals surface area contributed by atoms with E-state index in [4.69, 9.17) is 5.11 Å². The van der Waals surface area contributed by atoms with Crippen LogP contribution in [0.25, 0.3) is 0 Å². The van der Waals surface area contributed by atoms with Gasteiger partial charge in [-0.05, 0) is 38.6 Å². The second kappa shape index (κ2) is 7.36. The van der Waals surface area contributed by atoms with Crippen LogP contribution >= 0.6 is 11.8 Å². The summed E-state index contributed by atoms with van der Waals surface area (Å²) in [4.78, 5) is 11.6. The van der Waals surface area contributed by atoms with Gasteiger partial charge in [-0.3, -0.25) is 4.79 Å². The lowest BCUT2D eigenvalue weighted by molar-refractivity contribution is -0.146. The topological polar surface area (TPSA) is 69.6 Å². The highest BCUT2D eigenvalue weighted by molar-refractivity contribution is 8.00. The molecule has 1 rings (SSSR count). The third kappa shape index (κ3) is 4.14. The molecular formula is C13H25NO3S. The number of rotatable bonds is 7. The molecule has 4 nitrogen and oxygen atoms in total. The Morgan fingerprint density at radius 3 is 2.89 bits per heavy atom. The summed E-state index contributed by atoms with van der Waals surface area (Å²) in [5.74, 6) is -0.724. The summed E-state index contributed by atoms with van der Waals surface area (Å²) in [6.07, 6.45) is 4.32. The Morgan fingerprint density at radius 1 is 1.61 bits per heavy atom. The smallest absolute Gasteiger partial charge is 0.323 e. The minimum atomic E-state index is -0.749. The van der Waals surface area contributed by atoms with Crippen LogP contribution < -0.4 is 5.32 Å². The Morgan fingerprint density at radius 2 is 2.33 bits per heavy atom. The zero-order valence-electron chi connectivity index (χ0n) is 11.3. The zero-order chi connectivity index (χ0) is 13.6. The molecule has 5 heteroatoms. The van der Waals surface area contributed by atoms with Crippen molar-refractivity contribution in [1.29, 1.82) is 0 Å². The van der Waals surface area contributed by atoms with Crippen LogP contribution in [0.5, 0.6) is 0 Å². The number of aliphatic carboxylic acids is 1. The summed E-state index contributed by atoms with van der Waals surface area (Å²) in [5.41, 5.74) is -0.749. The predicted molar refractivity (Wildman–Crippen MR) is 75.1 cm³/mol. The molecule has 0 heterocycles. The van der Waals surface area contributed by atoms with Crippen molar-refractivity contribution in [3.8, 4) is 0 Å². The van der Waals surface area contributed by atoms with Gasteiger partial charge in [-0.25, -0.2) is 0 Å². The molecule has 0 amide bonds. The van der Waals surface area contributed by atoms with Gasteiger partial charge in [-0.2, -0.15) is 11.8 Å². The van der Waals surface area contributed by atoms with Gasteiger partial charge in [0.05, 0.1) is 6.61 Å². The van der Waals surface area contributed by atoms with E-state index in [0.29, 0.717) is 18.1 Å². The molecule has 106 valence electrons. The maximum atomic E-state index is 11.6. The highest BCUT2D eigenvalue weighted by Crippen LogP contribution is 2.36. The normalized spacial score (nSPS) is 30.1. The van der Waals surface area contributed by atoms with Crippen molar-refractivity contribution in [3.63, 3.8) is 0 Å². The molecule has 1 aliphatic rings. The molecule has 3 atom stereocenters. The Hall–Kier alpha value is -0.260. The molecule has 0 bridgehead atoms. The van der Waals surface area contributed by atoms with Gasteiger partial charge >= 0.3 is 5.97 Å². The first kappa shape index (κ1) is 15.8. The van der Waals surface area contributed by atoms with Crippen molar-refractivity contribution in [1.82, 2.24) is 5.32 Å². The van der Waals surface area contributed by atoms with Crippen molar-refractivity contribution in [2.75, 3.05) is 13.2 Å². The standard InChI is InChI=1S/C13H25NO3S/c1-3-7-14-13(12(16)17)6-4-5-11(8-13)18-10(2)9-15/h10-11,14-15H,3-9H2,1-2H3,(H,16,17). The van der Waals surface area contributed by atoms with Gasteiger partial charge in [0.1, 0.15) is 5.54 Å². The number of nitrogens with one attached hydrogen (secondary N) is 1. The maximum absolute atomic E-state index is 11.6. The fraction of sp³-hybridized carbons (Fsp3) is 0.923. The third-order valence-electron chi connectivity index (χ3n) is 3.51. The van der Waals surface area contributed by atoms with Crippen molar-refractivity contribution in [2.45, 2.75) is 62.0 Å². The van der Waals surface area contributed by atoms with Gasteiger partial charge in [0.15, 0.2) is 0 Å². The molecular weight excluding hydrogens is 250 g/mol. The quantitative estimate of drug-likeness (QED) is 0.662. The predicted octanol–water partition coefficient (Wildman–Crippen LogP) is 1.87. The number of hydrogen-bond acceptors (Lipinski definition) is 4. The van der Waals surface area contributed by atoms with Crippen molar-refractivity contribution in [3.05, 3.63) is 0 Å².